The molecule has 0 fully saturated rings. The van der Waals surface area contributed by atoms with Crippen molar-refractivity contribution in [3.63, 3.8) is 0 Å². The van der Waals surface area contributed by atoms with E-state index in [1.165, 1.54) is 0 Å². The Morgan fingerprint density at radius 1 is 1.71 bits per heavy atom. The van der Waals surface area contributed by atoms with E-state index in [-0.39, 0.29) is 5.91 Å². The first-order valence-electron chi connectivity index (χ1n) is 4.62. The van der Waals surface area contributed by atoms with Crippen molar-refractivity contribution in [1.29, 1.82) is 0 Å². The summed E-state index contributed by atoms with van der Waals surface area (Å²) >= 11 is 3.28. The van der Waals surface area contributed by atoms with Gasteiger partial charge >= 0.3 is 0 Å². The zero-order valence-electron chi connectivity index (χ0n) is 8.38. The van der Waals surface area contributed by atoms with Crippen LogP contribution in [0.15, 0.2) is 10.7 Å². The van der Waals surface area contributed by atoms with Crippen LogP contribution in [0.3, 0.4) is 0 Å². The molecule has 1 amide bonds. The Morgan fingerprint density at radius 2 is 2.43 bits per heavy atom. The number of unbranched alkanes of at least 4 members (excludes halogenated alkanes) is 1. The van der Waals surface area contributed by atoms with Gasteiger partial charge in [0.1, 0.15) is 5.69 Å². The fourth-order valence-electron chi connectivity index (χ4n) is 1.13. The molecule has 0 aromatic carbocycles. The summed E-state index contributed by atoms with van der Waals surface area (Å²) in [6.45, 7) is 2.80. The molecule has 0 aliphatic rings. The minimum Gasteiger partial charge on any atom is -0.351 e. The molecule has 1 rings (SSSR count). The molecule has 1 N–H and O–H groups in total. The van der Waals surface area contributed by atoms with Crippen molar-refractivity contribution < 1.29 is 4.79 Å². The van der Waals surface area contributed by atoms with Crippen molar-refractivity contribution in [3.05, 3.63) is 16.4 Å². The van der Waals surface area contributed by atoms with E-state index in [9.17, 15) is 4.79 Å². The quantitative estimate of drug-likeness (QED) is 0.838. The molecule has 1 heterocycles. The highest BCUT2D eigenvalue weighted by Crippen LogP contribution is 2.14. The summed E-state index contributed by atoms with van der Waals surface area (Å²) in [5.74, 6) is -0.0784. The third-order valence-electron chi connectivity index (χ3n) is 1.93. The van der Waals surface area contributed by atoms with Crippen LogP contribution in [0.2, 0.25) is 0 Å². The largest absolute Gasteiger partial charge is 0.351 e. The van der Waals surface area contributed by atoms with Crippen LogP contribution in [0.5, 0.6) is 0 Å². The minimum atomic E-state index is -0.0784. The smallest absolute Gasteiger partial charge is 0.270 e. The summed E-state index contributed by atoms with van der Waals surface area (Å²) in [6, 6.07) is 0. The van der Waals surface area contributed by atoms with Crippen molar-refractivity contribution in [2.45, 2.75) is 19.8 Å². The first kappa shape index (κ1) is 11.2. The molecule has 0 bridgehead atoms. The van der Waals surface area contributed by atoms with Gasteiger partial charge in [-0.2, -0.15) is 5.10 Å². The van der Waals surface area contributed by atoms with Gasteiger partial charge < -0.3 is 5.32 Å². The van der Waals surface area contributed by atoms with Gasteiger partial charge in [-0.15, -0.1) is 0 Å². The van der Waals surface area contributed by atoms with Gasteiger partial charge in [0.2, 0.25) is 0 Å². The number of amides is 1. The molecule has 5 heteroatoms. The van der Waals surface area contributed by atoms with Crippen LogP contribution in [0.1, 0.15) is 30.3 Å². The van der Waals surface area contributed by atoms with E-state index >= 15 is 0 Å². The number of hydrogen-bond donors (Lipinski definition) is 1. The number of hydrogen-bond acceptors (Lipinski definition) is 2. The van der Waals surface area contributed by atoms with Crippen molar-refractivity contribution >= 4 is 21.8 Å². The lowest BCUT2D eigenvalue weighted by Gasteiger charge is -2.04. The lowest BCUT2D eigenvalue weighted by Crippen LogP contribution is -2.26. The number of rotatable bonds is 4. The summed E-state index contributed by atoms with van der Waals surface area (Å²) in [5.41, 5.74) is 0.570. The molecule has 0 unspecified atom stereocenters. The van der Waals surface area contributed by atoms with Gasteiger partial charge in [0.15, 0.2) is 0 Å². The molecule has 4 nitrogen and oxygen atoms in total. The van der Waals surface area contributed by atoms with Crippen LogP contribution < -0.4 is 5.32 Å². The minimum absolute atomic E-state index is 0.0784. The Hall–Kier alpha value is -0.840. The fourth-order valence-corrected chi connectivity index (χ4v) is 1.66. The summed E-state index contributed by atoms with van der Waals surface area (Å²) in [4.78, 5) is 11.6. The summed E-state index contributed by atoms with van der Waals surface area (Å²) in [6.07, 6.45) is 3.70. The van der Waals surface area contributed by atoms with Crippen LogP contribution in [0.25, 0.3) is 0 Å². The van der Waals surface area contributed by atoms with E-state index in [2.05, 4.69) is 33.3 Å². The number of nitrogens with one attached hydrogen (secondary N) is 1. The van der Waals surface area contributed by atoms with Crippen LogP contribution >= 0.6 is 15.9 Å². The van der Waals surface area contributed by atoms with E-state index in [0.717, 1.165) is 17.3 Å². The molecule has 78 valence electrons. The molecule has 0 aliphatic heterocycles. The van der Waals surface area contributed by atoms with Gasteiger partial charge in [0.05, 0.1) is 10.7 Å². The van der Waals surface area contributed by atoms with Crippen LogP contribution in [0.4, 0.5) is 0 Å². The molecule has 1 aromatic heterocycles. The van der Waals surface area contributed by atoms with Gasteiger partial charge in [-0.05, 0) is 22.4 Å². The number of carbonyl (C=O) groups excluding carboxylic acids is 1. The second kappa shape index (κ2) is 5.14. The summed E-state index contributed by atoms with van der Waals surface area (Å²) in [5, 5.41) is 6.81. The molecular formula is C9H14BrN3O. The van der Waals surface area contributed by atoms with Gasteiger partial charge in [-0.25, -0.2) is 0 Å². The standard InChI is InChI=1S/C9H14BrN3O/c1-3-4-5-11-9(14)8-7(10)6-12-13(8)2/h6H,3-5H2,1-2H3,(H,11,14). The molecule has 1 aromatic rings. The maximum absolute atomic E-state index is 11.6. The van der Waals surface area contributed by atoms with Crippen molar-refractivity contribution in [1.82, 2.24) is 15.1 Å². The maximum atomic E-state index is 11.6. The number of aryl methyl sites for hydroxylation is 1. The van der Waals surface area contributed by atoms with Gasteiger partial charge in [0, 0.05) is 13.6 Å². The molecule has 0 saturated heterocycles. The first-order chi connectivity index (χ1) is 6.66. The Bertz CT molecular complexity index is 302. The van der Waals surface area contributed by atoms with Gasteiger partial charge in [-0.1, -0.05) is 13.3 Å². The molecule has 14 heavy (non-hydrogen) atoms. The van der Waals surface area contributed by atoms with Crippen molar-refractivity contribution in [2.24, 2.45) is 7.05 Å². The van der Waals surface area contributed by atoms with Gasteiger partial charge in [-0.3, -0.25) is 9.48 Å². The van der Waals surface area contributed by atoms with Gasteiger partial charge in [0.25, 0.3) is 5.91 Å². The number of nitrogens with zero attached hydrogens (tertiary/aromatic N) is 2. The highest BCUT2D eigenvalue weighted by atomic mass is 79.9. The maximum Gasteiger partial charge on any atom is 0.270 e. The van der Waals surface area contributed by atoms with E-state index in [1.807, 2.05) is 0 Å². The topological polar surface area (TPSA) is 46.9 Å². The summed E-state index contributed by atoms with van der Waals surface area (Å²) in [7, 11) is 1.75. The van der Waals surface area contributed by atoms with Crippen LogP contribution in [-0.4, -0.2) is 22.2 Å². The van der Waals surface area contributed by atoms with Crippen molar-refractivity contribution in [3.8, 4) is 0 Å². The molecule has 0 aliphatic carbocycles. The third-order valence-corrected chi connectivity index (χ3v) is 2.51. The highest BCUT2D eigenvalue weighted by Gasteiger charge is 2.13. The van der Waals surface area contributed by atoms with Crippen LogP contribution in [-0.2, 0) is 7.05 Å². The summed E-state index contributed by atoms with van der Waals surface area (Å²) < 4.78 is 2.29. The van der Waals surface area contributed by atoms with E-state index in [1.54, 1.807) is 17.9 Å². The predicted molar refractivity (Wildman–Crippen MR) is 58.1 cm³/mol. The SMILES string of the molecule is CCCCNC(=O)c1c(Br)cnn1C. The number of carbonyl (C=O) groups is 1. The van der Waals surface area contributed by atoms with E-state index < -0.39 is 0 Å². The Morgan fingerprint density at radius 3 is 2.93 bits per heavy atom. The normalized spacial score (nSPS) is 10.2. The third kappa shape index (κ3) is 2.57. The highest BCUT2D eigenvalue weighted by molar-refractivity contribution is 9.10. The fraction of sp³-hybridized carbons (Fsp3) is 0.556. The van der Waals surface area contributed by atoms with Crippen LogP contribution in [0, 0.1) is 0 Å². The zero-order valence-corrected chi connectivity index (χ0v) is 9.97. The lowest BCUT2D eigenvalue weighted by molar-refractivity contribution is 0.0943. The molecule has 0 radical (unpaired) electrons. The second-order valence-electron chi connectivity index (χ2n) is 3.07. The second-order valence-corrected chi connectivity index (χ2v) is 3.93. The molecule has 0 spiro atoms. The number of aromatic nitrogens is 2. The molecule has 0 saturated carbocycles. The Kier molecular flexibility index (Phi) is 4.13. The van der Waals surface area contributed by atoms with Crippen molar-refractivity contribution in [2.75, 3.05) is 6.54 Å². The molecular weight excluding hydrogens is 246 g/mol. The lowest BCUT2D eigenvalue weighted by atomic mass is 10.3. The predicted octanol–water partition coefficient (Wildman–Crippen LogP) is 1.71. The average Bonchev–Trinajstić information content (AvgIpc) is 2.46. The van der Waals surface area contributed by atoms with E-state index in [4.69, 9.17) is 0 Å². The zero-order chi connectivity index (χ0) is 10.6. The molecule has 0 atom stereocenters. The average molecular weight is 260 g/mol. The van der Waals surface area contributed by atoms with E-state index in [0.29, 0.717) is 12.2 Å². The number of halogens is 1. The Balaban J connectivity index is 2.60. The monoisotopic (exact) mass is 259 g/mol. The first-order valence-corrected chi connectivity index (χ1v) is 5.41. The Labute approximate surface area is 91.8 Å².